The molecule has 0 aliphatic rings. The highest BCUT2D eigenvalue weighted by Gasteiger charge is 2.13. The van der Waals surface area contributed by atoms with E-state index in [4.69, 9.17) is 11.6 Å². The van der Waals surface area contributed by atoms with Crippen LogP contribution in [-0.2, 0) is 0 Å². The van der Waals surface area contributed by atoms with Crippen molar-refractivity contribution in [2.24, 2.45) is 0 Å². The molecule has 1 aromatic carbocycles. The van der Waals surface area contributed by atoms with Gasteiger partial charge in [0.25, 0.3) is 0 Å². The molecule has 0 amide bonds. The summed E-state index contributed by atoms with van der Waals surface area (Å²) < 4.78 is 13.4. The summed E-state index contributed by atoms with van der Waals surface area (Å²) in [5, 5.41) is 22.3. The van der Waals surface area contributed by atoms with Gasteiger partial charge >= 0.3 is 0 Å². The van der Waals surface area contributed by atoms with Crippen molar-refractivity contribution < 1.29 is 9.50 Å². The zero-order valence-electron chi connectivity index (χ0n) is 12.2. The van der Waals surface area contributed by atoms with E-state index >= 15 is 0 Å². The number of nitriles is 1. The van der Waals surface area contributed by atoms with Crippen molar-refractivity contribution in [3.05, 3.63) is 57.6 Å². The number of rotatable bonds is 4. The van der Waals surface area contributed by atoms with Crippen LogP contribution in [0.15, 0.2) is 24.3 Å². The van der Waals surface area contributed by atoms with Gasteiger partial charge in [-0.05, 0) is 37.6 Å². The third-order valence-corrected chi connectivity index (χ3v) is 3.56. The predicted octanol–water partition coefficient (Wildman–Crippen LogP) is 3.51. The van der Waals surface area contributed by atoms with Gasteiger partial charge in [-0.3, -0.25) is 4.98 Å². The van der Waals surface area contributed by atoms with Crippen molar-refractivity contribution in [1.29, 1.82) is 5.26 Å². The van der Waals surface area contributed by atoms with E-state index in [-0.39, 0.29) is 11.6 Å². The Kier molecular flexibility index (Phi) is 4.96. The highest BCUT2D eigenvalue weighted by atomic mass is 35.5. The van der Waals surface area contributed by atoms with Gasteiger partial charge in [0, 0.05) is 12.2 Å². The van der Waals surface area contributed by atoms with Gasteiger partial charge in [-0.25, -0.2) is 4.39 Å². The van der Waals surface area contributed by atoms with Gasteiger partial charge in [0.05, 0.1) is 28.1 Å². The van der Waals surface area contributed by atoms with Gasteiger partial charge in [-0.15, -0.1) is 0 Å². The third kappa shape index (κ3) is 3.53. The van der Waals surface area contributed by atoms with Gasteiger partial charge < -0.3 is 10.4 Å². The minimum atomic E-state index is -0.924. The standard InChI is InChI=1S/C16H15ClFN3O/c1-9-5-15(12(7-19)10(2)21-9)20-8-16(22)11-3-4-13(17)14(18)6-11/h3-6,16,22H,8H2,1-2H3,(H,20,21). The molecule has 4 nitrogen and oxygen atoms in total. The van der Waals surface area contributed by atoms with E-state index in [0.29, 0.717) is 22.5 Å². The van der Waals surface area contributed by atoms with Crippen LogP contribution in [0.5, 0.6) is 0 Å². The van der Waals surface area contributed by atoms with Crippen LogP contribution in [0.4, 0.5) is 10.1 Å². The van der Waals surface area contributed by atoms with E-state index in [9.17, 15) is 14.8 Å². The molecule has 1 aromatic heterocycles. The molecule has 6 heteroatoms. The molecule has 2 aromatic rings. The second kappa shape index (κ2) is 6.73. The van der Waals surface area contributed by atoms with Gasteiger partial charge in [0.1, 0.15) is 11.9 Å². The van der Waals surface area contributed by atoms with Crippen LogP contribution >= 0.6 is 11.6 Å². The fraction of sp³-hybridized carbons (Fsp3) is 0.250. The average molecular weight is 320 g/mol. The lowest BCUT2D eigenvalue weighted by Gasteiger charge is -2.15. The van der Waals surface area contributed by atoms with Crippen LogP contribution < -0.4 is 5.32 Å². The van der Waals surface area contributed by atoms with Crippen molar-refractivity contribution >= 4 is 17.3 Å². The number of anilines is 1. The number of hydrogen-bond acceptors (Lipinski definition) is 4. The van der Waals surface area contributed by atoms with Crippen molar-refractivity contribution in [1.82, 2.24) is 4.98 Å². The topological polar surface area (TPSA) is 68.9 Å². The van der Waals surface area contributed by atoms with E-state index in [2.05, 4.69) is 16.4 Å². The zero-order valence-corrected chi connectivity index (χ0v) is 12.9. The van der Waals surface area contributed by atoms with Crippen LogP contribution in [0.25, 0.3) is 0 Å². The molecular formula is C16H15ClFN3O. The minimum Gasteiger partial charge on any atom is -0.387 e. The van der Waals surface area contributed by atoms with Crippen molar-refractivity contribution in [3.63, 3.8) is 0 Å². The molecular weight excluding hydrogens is 305 g/mol. The third-order valence-electron chi connectivity index (χ3n) is 3.25. The first kappa shape index (κ1) is 16.2. The van der Waals surface area contributed by atoms with E-state index < -0.39 is 11.9 Å². The number of nitrogens with one attached hydrogen (secondary N) is 1. The van der Waals surface area contributed by atoms with Crippen molar-refractivity contribution in [3.8, 4) is 6.07 Å². The fourth-order valence-electron chi connectivity index (χ4n) is 2.15. The smallest absolute Gasteiger partial charge is 0.142 e. The number of aryl methyl sites for hydroxylation is 2. The molecule has 0 bridgehead atoms. The summed E-state index contributed by atoms with van der Waals surface area (Å²) in [6.07, 6.45) is -0.924. The monoisotopic (exact) mass is 319 g/mol. The first-order valence-corrected chi connectivity index (χ1v) is 7.05. The number of aliphatic hydroxyl groups excluding tert-OH is 1. The molecule has 0 aliphatic carbocycles. The lowest BCUT2D eigenvalue weighted by molar-refractivity contribution is 0.191. The molecule has 22 heavy (non-hydrogen) atoms. The number of nitrogens with zero attached hydrogens (tertiary/aromatic N) is 2. The Morgan fingerprint density at radius 2 is 2.14 bits per heavy atom. The quantitative estimate of drug-likeness (QED) is 0.905. The molecule has 0 saturated carbocycles. The molecule has 114 valence electrons. The maximum atomic E-state index is 13.4. The molecule has 2 N–H and O–H groups in total. The second-order valence-corrected chi connectivity index (χ2v) is 5.36. The highest BCUT2D eigenvalue weighted by molar-refractivity contribution is 6.30. The summed E-state index contributed by atoms with van der Waals surface area (Å²) in [4.78, 5) is 4.22. The Labute approximate surface area is 133 Å². The van der Waals surface area contributed by atoms with Crippen molar-refractivity contribution in [2.45, 2.75) is 20.0 Å². The van der Waals surface area contributed by atoms with Crippen LogP contribution in [0, 0.1) is 31.0 Å². The lowest BCUT2D eigenvalue weighted by Crippen LogP contribution is -2.14. The number of aliphatic hydroxyl groups is 1. The highest BCUT2D eigenvalue weighted by Crippen LogP contribution is 2.23. The van der Waals surface area contributed by atoms with E-state index in [1.165, 1.54) is 12.1 Å². The Morgan fingerprint density at radius 1 is 1.41 bits per heavy atom. The Hall–Kier alpha value is -2.16. The SMILES string of the molecule is Cc1cc(NCC(O)c2ccc(Cl)c(F)c2)c(C#N)c(C)n1. The van der Waals surface area contributed by atoms with Crippen LogP contribution in [0.2, 0.25) is 5.02 Å². The Balaban J connectivity index is 2.16. The Morgan fingerprint density at radius 3 is 2.77 bits per heavy atom. The summed E-state index contributed by atoms with van der Waals surface area (Å²) in [7, 11) is 0. The van der Waals surface area contributed by atoms with Crippen LogP contribution in [0.1, 0.15) is 28.6 Å². The maximum Gasteiger partial charge on any atom is 0.142 e. The molecule has 0 saturated heterocycles. The molecule has 1 unspecified atom stereocenters. The van der Waals surface area contributed by atoms with E-state index in [1.54, 1.807) is 19.1 Å². The van der Waals surface area contributed by atoms with Gasteiger partial charge in [-0.2, -0.15) is 5.26 Å². The zero-order chi connectivity index (χ0) is 16.3. The predicted molar refractivity (Wildman–Crippen MR) is 83.3 cm³/mol. The number of hydrogen-bond donors (Lipinski definition) is 2. The first-order chi connectivity index (χ1) is 10.4. The number of pyridine rings is 1. The molecule has 2 rings (SSSR count). The summed E-state index contributed by atoms with van der Waals surface area (Å²) in [6.45, 7) is 3.71. The number of benzene rings is 1. The first-order valence-electron chi connectivity index (χ1n) is 6.67. The van der Waals surface area contributed by atoms with Gasteiger partial charge in [0.2, 0.25) is 0 Å². The minimum absolute atomic E-state index is 0.0102. The fourth-order valence-corrected chi connectivity index (χ4v) is 2.27. The largest absolute Gasteiger partial charge is 0.387 e. The van der Waals surface area contributed by atoms with Crippen molar-refractivity contribution in [2.75, 3.05) is 11.9 Å². The molecule has 1 heterocycles. The second-order valence-electron chi connectivity index (χ2n) is 4.95. The Bertz CT molecular complexity index is 743. The van der Waals surface area contributed by atoms with E-state index in [0.717, 1.165) is 5.69 Å². The summed E-state index contributed by atoms with van der Waals surface area (Å²) >= 11 is 5.62. The summed E-state index contributed by atoms with van der Waals surface area (Å²) in [5.74, 6) is -0.577. The van der Waals surface area contributed by atoms with Gasteiger partial charge in [-0.1, -0.05) is 17.7 Å². The summed E-state index contributed by atoms with van der Waals surface area (Å²) in [5.41, 5.74) is 2.83. The number of aromatic nitrogens is 1. The molecule has 0 spiro atoms. The maximum absolute atomic E-state index is 13.4. The van der Waals surface area contributed by atoms with E-state index in [1.807, 2.05) is 6.92 Å². The average Bonchev–Trinajstić information content (AvgIpc) is 2.47. The molecule has 0 fully saturated rings. The van der Waals surface area contributed by atoms with Crippen LogP contribution in [0.3, 0.4) is 0 Å². The molecule has 0 aliphatic heterocycles. The van der Waals surface area contributed by atoms with Crippen LogP contribution in [-0.4, -0.2) is 16.6 Å². The molecule has 0 radical (unpaired) electrons. The van der Waals surface area contributed by atoms with Gasteiger partial charge in [0.15, 0.2) is 0 Å². The molecule has 1 atom stereocenters. The normalized spacial score (nSPS) is 11.8. The summed E-state index contributed by atoms with van der Waals surface area (Å²) in [6, 6.07) is 7.98. The number of halogens is 2. The lowest BCUT2D eigenvalue weighted by atomic mass is 10.1.